The first-order valence-electron chi connectivity index (χ1n) is 6.01. The lowest BCUT2D eigenvalue weighted by molar-refractivity contribution is 0.518. The van der Waals surface area contributed by atoms with Crippen LogP contribution in [0.25, 0.3) is 0 Å². The summed E-state index contributed by atoms with van der Waals surface area (Å²) >= 11 is 5.22. The minimum Gasteiger partial charge on any atom is -0.337 e. The number of aromatic amines is 1. The van der Waals surface area contributed by atoms with Gasteiger partial charge in [0.1, 0.15) is 11.6 Å². The third-order valence-corrected chi connectivity index (χ3v) is 3.32. The van der Waals surface area contributed by atoms with Crippen LogP contribution in [0.15, 0.2) is 24.4 Å². The summed E-state index contributed by atoms with van der Waals surface area (Å²) in [5.41, 5.74) is 1.30. The molecule has 0 saturated heterocycles. The van der Waals surface area contributed by atoms with Crippen molar-refractivity contribution < 1.29 is 8.78 Å². The molecule has 0 fully saturated rings. The van der Waals surface area contributed by atoms with Crippen molar-refractivity contribution in [3.8, 4) is 0 Å². The number of nitrogens with zero attached hydrogens (tertiary/aromatic N) is 1. The summed E-state index contributed by atoms with van der Waals surface area (Å²) in [5, 5.41) is 0. The number of hydrogen-bond acceptors (Lipinski definition) is 1. The molecule has 1 heterocycles. The van der Waals surface area contributed by atoms with Gasteiger partial charge >= 0.3 is 0 Å². The minimum absolute atomic E-state index is 0.107. The van der Waals surface area contributed by atoms with E-state index in [0.717, 1.165) is 11.8 Å². The van der Waals surface area contributed by atoms with Gasteiger partial charge in [-0.3, -0.25) is 0 Å². The molecule has 0 spiro atoms. The molecule has 0 atom stereocenters. The zero-order chi connectivity index (χ0) is 14.2. The monoisotopic (exact) mass is 282 g/mol. The van der Waals surface area contributed by atoms with E-state index in [4.69, 9.17) is 12.2 Å². The molecule has 0 unspecified atom stereocenters. The topological polar surface area (TPSA) is 20.7 Å². The van der Waals surface area contributed by atoms with E-state index in [-0.39, 0.29) is 5.41 Å². The molecule has 102 valence electrons. The summed E-state index contributed by atoms with van der Waals surface area (Å²) in [5.74, 6) is -1.13. The number of aromatic nitrogens is 2. The van der Waals surface area contributed by atoms with Crippen molar-refractivity contribution >= 4 is 12.2 Å². The van der Waals surface area contributed by atoms with Gasteiger partial charge in [0.15, 0.2) is 4.77 Å². The lowest BCUT2D eigenvalue weighted by Crippen LogP contribution is -2.18. The normalized spacial score (nSPS) is 11.8. The van der Waals surface area contributed by atoms with Crippen LogP contribution >= 0.6 is 12.2 Å². The van der Waals surface area contributed by atoms with Crippen LogP contribution in [0.5, 0.6) is 0 Å². The van der Waals surface area contributed by atoms with Gasteiger partial charge in [0.05, 0.1) is 6.54 Å². The minimum atomic E-state index is -0.574. The first-order valence-corrected chi connectivity index (χ1v) is 6.42. The molecule has 2 rings (SSSR count). The van der Waals surface area contributed by atoms with E-state index in [1.165, 1.54) is 12.1 Å². The summed E-state index contributed by atoms with van der Waals surface area (Å²) in [7, 11) is 0. The van der Waals surface area contributed by atoms with Crippen LogP contribution in [0, 0.1) is 16.4 Å². The molecule has 0 radical (unpaired) electrons. The molecule has 1 N–H and O–H groups in total. The molecule has 0 bridgehead atoms. The van der Waals surface area contributed by atoms with E-state index in [9.17, 15) is 8.78 Å². The number of benzene rings is 1. The van der Waals surface area contributed by atoms with Gasteiger partial charge in [0.25, 0.3) is 0 Å². The Bertz CT molecular complexity index is 650. The van der Waals surface area contributed by atoms with Crippen LogP contribution in [0.1, 0.15) is 32.0 Å². The maximum Gasteiger partial charge on any atom is 0.177 e. The highest BCUT2D eigenvalue weighted by Crippen LogP contribution is 2.23. The van der Waals surface area contributed by atoms with Gasteiger partial charge < -0.3 is 9.55 Å². The Morgan fingerprint density at radius 2 is 1.95 bits per heavy atom. The molecule has 1 aromatic heterocycles. The second-order valence-corrected chi connectivity index (χ2v) is 5.94. The summed E-state index contributed by atoms with van der Waals surface area (Å²) in [4.78, 5) is 2.98. The highest BCUT2D eigenvalue weighted by atomic mass is 32.1. The first kappa shape index (κ1) is 13.9. The lowest BCUT2D eigenvalue weighted by Gasteiger charge is -2.21. The largest absolute Gasteiger partial charge is 0.337 e. The quantitative estimate of drug-likeness (QED) is 0.820. The van der Waals surface area contributed by atoms with E-state index in [2.05, 4.69) is 25.8 Å². The number of halogens is 2. The number of nitrogens with one attached hydrogen (secondary N) is 1. The Kier molecular flexibility index (Phi) is 3.58. The van der Waals surface area contributed by atoms with Gasteiger partial charge in [-0.05, 0) is 18.3 Å². The molecule has 0 amide bonds. The average molecular weight is 282 g/mol. The second kappa shape index (κ2) is 4.89. The zero-order valence-corrected chi connectivity index (χ0v) is 11.9. The molecular formula is C14H16F2N2S. The van der Waals surface area contributed by atoms with Gasteiger partial charge in [0.2, 0.25) is 0 Å². The van der Waals surface area contributed by atoms with Crippen molar-refractivity contribution in [2.24, 2.45) is 0 Å². The van der Waals surface area contributed by atoms with E-state index in [1.54, 1.807) is 0 Å². The van der Waals surface area contributed by atoms with Crippen molar-refractivity contribution in [2.45, 2.75) is 32.7 Å². The molecule has 5 heteroatoms. The van der Waals surface area contributed by atoms with E-state index in [0.29, 0.717) is 16.9 Å². The van der Waals surface area contributed by atoms with E-state index in [1.807, 2.05) is 10.8 Å². The maximum atomic E-state index is 13.7. The van der Waals surface area contributed by atoms with Crippen molar-refractivity contribution in [3.63, 3.8) is 0 Å². The number of hydrogen-bond donors (Lipinski definition) is 1. The summed E-state index contributed by atoms with van der Waals surface area (Å²) < 4.78 is 29.0. The molecule has 1 aromatic carbocycles. The zero-order valence-electron chi connectivity index (χ0n) is 11.1. The van der Waals surface area contributed by atoms with Gasteiger partial charge in [-0.2, -0.15) is 0 Å². The summed E-state index contributed by atoms with van der Waals surface area (Å²) in [6, 6.07) is 3.60. The number of imidazole rings is 1. The van der Waals surface area contributed by atoms with E-state index >= 15 is 0 Å². The molecule has 2 aromatic rings. The van der Waals surface area contributed by atoms with Crippen LogP contribution in [0.2, 0.25) is 0 Å². The van der Waals surface area contributed by atoms with E-state index < -0.39 is 11.6 Å². The Labute approximate surface area is 116 Å². The smallest absolute Gasteiger partial charge is 0.177 e. The predicted molar refractivity (Wildman–Crippen MR) is 73.8 cm³/mol. The summed E-state index contributed by atoms with van der Waals surface area (Å²) in [6.07, 6.45) is 1.84. The molecule has 0 aliphatic carbocycles. The molecule has 19 heavy (non-hydrogen) atoms. The lowest BCUT2D eigenvalue weighted by atomic mass is 9.92. The number of rotatable bonds is 2. The van der Waals surface area contributed by atoms with Gasteiger partial charge in [-0.1, -0.05) is 26.8 Å². The second-order valence-electron chi connectivity index (χ2n) is 5.55. The third-order valence-electron chi connectivity index (χ3n) is 2.98. The standard InChI is InChI=1S/C14H16F2N2S/c1-14(2,3)12-7-17-13(19)18(12)8-9-4-5-10(15)6-11(9)16/h4-7H,8H2,1-3H3,(H,17,19). The Hall–Kier alpha value is -1.49. The third kappa shape index (κ3) is 2.92. The highest BCUT2D eigenvalue weighted by molar-refractivity contribution is 7.71. The Morgan fingerprint density at radius 1 is 1.26 bits per heavy atom. The van der Waals surface area contributed by atoms with Crippen molar-refractivity contribution in [2.75, 3.05) is 0 Å². The Morgan fingerprint density at radius 3 is 2.53 bits per heavy atom. The molecule has 0 aliphatic heterocycles. The van der Waals surface area contributed by atoms with Crippen LogP contribution in [-0.4, -0.2) is 9.55 Å². The molecule has 2 nitrogen and oxygen atoms in total. The average Bonchev–Trinajstić information content (AvgIpc) is 2.64. The fourth-order valence-corrected chi connectivity index (χ4v) is 2.22. The van der Waals surface area contributed by atoms with Crippen LogP contribution in [0.3, 0.4) is 0 Å². The maximum absolute atomic E-state index is 13.7. The molecule has 0 saturated carbocycles. The van der Waals surface area contributed by atoms with Crippen LogP contribution in [0.4, 0.5) is 8.78 Å². The molecular weight excluding hydrogens is 266 g/mol. The van der Waals surface area contributed by atoms with Crippen LogP contribution < -0.4 is 0 Å². The highest BCUT2D eigenvalue weighted by Gasteiger charge is 2.20. The van der Waals surface area contributed by atoms with Gasteiger partial charge in [0, 0.05) is 28.9 Å². The predicted octanol–water partition coefficient (Wildman–Crippen LogP) is 4.17. The number of H-pyrrole nitrogens is 1. The SMILES string of the molecule is CC(C)(C)c1c[nH]c(=S)n1Cc1ccc(F)cc1F. The molecule has 0 aliphatic rings. The first-order chi connectivity index (χ1) is 8.79. The van der Waals surface area contributed by atoms with Gasteiger partial charge in [-0.25, -0.2) is 8.78 Å². The van der Waals surface area contributed by atoms with Crippen molar-refractivity contribution in [1.29, 1.82) is 0 Å². The fourth-order valence-electron chi connectivity index (χ4n) is 1.99. The van der Waals surface area contributed by atoms with Crippen molar-refractivity contribution in [1.82, 2.24) is 9.55 Å². The van der Waals surface area contributed by atoms with Crippen LogP contribution in [-0.2, 0) is 12.0 Å². The van der Waals surface area contributed by atoms with Gasteiger partial charge in [-0.15, -0.1) is 0 Å². The summed E-state index contributed by atoms with van der Waals surface area (Å²) in [6.45, 7) is 6.47. The van der Waals surface area contributed by atoms with Crippen molar-refractivity contribution in [3.05, 3.63) is 52.1 Å². The Balaban J connectivity index is 2.44. The fraction of sp³-hybridized carbons (Fsp3) is 0.357.